The van der Waals surface area contributed by atoms with E-state index in [0.29, 0.717) is 19.4 Å². The first-order valence-electron chi connectivity index (χ1n) is 28.2. The maximum atomic E-state index is 12.8. The molecule has 0 aliphatic heterocycles. The summed E-state index contributed by atoms with van der Waals surface area (Å²) in [6.45, 7) is 7.81. The van der Waals surface area contributed by atoms with Crippen LogP contribution in [0, 0.1) is 0 Å². The molecule has 0 bridgehead atoms. The van der Waals surface area contributed by atoms with Crippen molar-refractivity contribution >= 4 is 11.9 Å². The van der Waals surface area contributed by atoms with E-state index < -0.39 is 6.10 Å². The Hall–Kier alpha value is -2.14. The maximum absolute atomic E-state index is 12.8. The first-order chi connectivity index (χ1) is 31.6. The van der Waals surface area contributed by atoms with Crippen molar-refractivity contribution in [1.29, 1.82) is 0 Å². The minimum absolute atomic E-state index is 0.0755. The number of ether oxygens (including phenoxy) is 3. The van der Waals surface area contributed by atoms with Crippen LogP contribution in [-0.4, -0.2) is 37.9 Å². The van der Waals surface area contributed by atoms with Crippen LogP contribution in [0.3, 0.4) is 0 Å². The van der Waals surface area contributed by atoms with Crippen LogP contribution < -0.4 is 0 Å². The Kier molecular flexibility index (Phi) is 53.3. The highest BCUT2D eigenvalue weighted by Gasteiger charge is 2.17. The SMILES string of the molecule is CCCCC/C=C\C/C=C\C/C=C\CCCCCCC(=O)OC[C@@H](COCCCCCCCCCCCCCCCCCC)OC(=O)CCCCCCCCC/C=C\CCCCCC. The minimum atomic E-state index is -0.545. The van der Waals surface area contributed by atoms with E-state index in [0.717, 1.165) is 70.6 Å². The number of unbranched alkanes of at least 4 members (excludes halogenated alkanes) is 33. The third-order valence-corrected chi connectivity index (χ3v) is 12.3. The molecule has 374 valence electrons. The van der Waals surface area contributed by atoms with Crippen LogP contribution in [0.15, 0.2) is 48.6 Å². The number of carbonyl (C=O) groups is 2. The Morgan fingerprint density at radius 3 is 1.11 bits per heavy atom. The summed E-state index contributed by atoms with van der Waals surface area (Å²) in [6.07, 6.45) is 68.3. The molecule has 0 saturated heterocycles. The lowest BCUT2D eigenvalue weighted by atomic mass is 10.0. The first-order valence-corrected chi connectivity index (χ1v) is 28.2. The fourth-order valence-electron chi connectivity index (χ4n) is 8.10. The van der Waals surface area contributed by atoms with Gasteiger partial charge in [-0.15, -0.1) is 0 Å². The van der Waals surface area contributed by atoms with Crippen molar-refractivity contribution in [1.82, 2.24) is 0 Å². The molecule has 0 heterocycles. The molecule has 0 rings (SSSR count). The van der Waals surface area contributed by atoms with Crippen molar-refractivity contribution in [2.75, 3.05) is 19.8 Å². The molecular formula is C59H108O5. The van der Waals surface area contributed by atoms with Crippen molar-refractivity contribution in [3.05, 3.63) is 48.6 Å². The molecule has 0 fully saturated rings. The van der Waals surface area contributed by atoms with E-state index >= 15 is 0 Å². The summed E-state index contributed by atoms with van der Waals surface area (Å²) in [7, 11) is 0. The average Bonchev–Trinajstić information content (AvgIpc) is 3.30. The first kappa shape index (κ1) is 61.9. The Labute approximate surface area is 399 Å². The van der Waals surface area contributed by atoms with Gasteiger partial charge in [0.15, 0.2) is 6.10 Å². The largest absolute Gasteiger partial charge is 0.462 e. The summed E-state index contributed by atoms with van der Waals surface area (Å²) in [5.41, 5.74) is 0. The highest BCUT2D eigenvalue weighted by Crippen LogP contribution is 2.16. The molecule has 5 nitrogen and oxygen atoms in total. The molecule has 0 aliphatic rings. The van der Waals surface area contributed by atoms with Crippen LogP contribution in [0.4, 0.5) is 0 Å². The molecule has 1 atom stereocenters. The highest BCUT2D eigenvalue weighted by atomic mass is 16.6. The van der Waals surface area contributed by atoms with Gasteiger partial charge < -0.3 is 14.2 Å². The Bertz CT molecular complexity index is 1060. The molecular weight excluding hydrogens is 789 g/mol. The third-order valence-electron chi connectivity index (χ3n) is 12.3. The van der Waals surface area contributed by atoms with Gasteiger partial charge in [-0.3, -0.25) is 9.59 Å². The zero-order valence-corrected chi connectivity index (χ0v) is 43.1. The van der Waals surface area contributed by atoms with E-state index in [1.165, 1.54) is 186 Å². The summed E-state index contributed by atoms with van der Waals surface area (Å²) < 4.78 is 17.5. The topological polar surface area (TPSA) is 61.8 Å². The molecule has 0 aromatic carbocycles. The molecule has 0 N–H and O–H groups in total. The average molecular weight is 898 g/mol. The second kappa shape index (κ2) is 55.2. The van der Waals surface area contributed by atoms with E-state index in [1.807, 2.05) is 0 Å². The van der Waals surface area contributed by atoms with Gasteiger partial charge in [0.25, 0.3) is 0 Å². The van der Waals surface area contributed by atoms with Gasteiger partial charge in [0.05, 0.1) is 6.61 Å². The van der Waals surface area contributed by atoms with Crippen LogP contribution in [0.2, 0.25) is 0 Å². The number of hydrogen-bond donors (Lipinski definition) is 0. The zero-order chi connectivity index (χ0) is 46.3. The fraction of sp³-hybridized carbons (Fsp3) is 0.831. The molecule has 0 aromatic heterocycles. The van der Waals surface area contributed by atoms with Gasteiger partial charge in [0.1, 0.15) is 6.61 Å². The van der Waals surface area contributed by atoms with Crippen LogP contribution in [0.25, 0.3) is 0 Å². The van der Waals surface area contributed by atoms with Gasteiger partial charge in [-0.1, -0.05) is 243 Å². The summed E-state index contributed by atoms with van der Waals surface area (Å²) in [5, 5.41) is 0. The summed E-state index contributed by atoms with van der Waals surface area (Å²) >= 11 is 0. The molecule has 0 amide bonds. The van der Waals surface area contributed by atoms with Gasteiger partial charge >= 0.3 is 11.9 Å². The molecule has 0 aromatic rings. The van der Waals surface area contributed by atoms with Crippen molar-refractivity contribution < 1.29 is 23.8 Å². The van der Waals surface area contributed by atoms with E-state index in [2.05, 4.69) is 69.4 Å². The van der Waals surface area contributed by atoms with E-state index in [1.54, 1.807) is 0 Å². The highest BCUT2D eigenvalue weighted by molar-refractivity contribution is 5.70. The molecule has 0 spiro atoms. The third kappa shape index (κ3) is 52.5. The van der Waals surface area contributed by atoms with E-state index in [4.69, 9.17) is 14.2 Å². The Morgan fingerprint density at radius 1 is 0.344 bits per heavy atom. The number of carbonyl (C=O) groups excluding carboxylic acids is 2. The monoisotopic (exact) mass is 897 g/mol. The van der Waals surface area contributed by atoms with Crippen LogP contribution in [-0.2, 0) is 23.8 Å². The van der Waals surface area contributed by atoms with Crippen molar-refractivity contribution in [2.45, 2.75) is 297 Å². The number of hydrogen-bond acceptors (Lipinski definition) is 5. The summed E-state index contributed by atoms with van der Waals surface area (Å²) in [4.78, 5) is 25.5. The minimum Gasteiger partial charge on any atom is -0.462 e. The lowest BCUT2D eigenvalue weighted by Crippen LogP contribution is -2.30. The summed E-state index contributed by atoms with van der Waals surface area (Å²) in [6, 6.07) is 0. The zero-order valence-electron chi connectivity index (χ0n) is 43.1. The second-order valence-corrected chi connectivity index (χ2v) is 18.8. The number of rotatable bonds is 52. The number of allylic oxidation sites excluding steroid dienone is 8. The lowest BCUT2D eigenvalue weighted by molar-refractivity contribution is -0.163. The van der Waals surface area contributed by atoms with E-state index in [-0.39, 0.29) is 25.2 Å². The van der Waals surface area contributed by atoms with Crippen molar-refractivity contribution in [3.63, 3.8) is 0 Å². The van der Waals surface area contributed by atoms with Gasteiger partial charge in [-0.25, -0.2) is 0 Å². The molecule has 64 heavy (non-hydrogen) atoms. The van der Waals surface area contributed by atoms with Gasteiger partial charge in [0, 0.05) is 19.4 Å². The second-order valence-electron chi connectivity index (χ2n) is 18.8. The number of esters is 2. The van der Waals surface area contributed by atoms with Crippen molar-refractivity contribution in [2.24, 2.45) is 0 Å². The van der Waals surface area contributed by atoms with E-state index in [9.17, 15) is 9.59 Å². The van der Waals surface area contributed by atoms with Gasteiger partial charge in [-0.2, -0.15) is 0 Å². The molecule has 5 heteroatoms. The molecule has 0 aliphatic carbocycles. The van der Waals surface area contributed by atoms with Gasteiger partial charge in [0.2, 0.25) is 0 Å². The maximum Gasteiger partial charge on any atom is 0.306 e. The summed E-state index contributed by atoms with van der Waals surface area (Å²) in [5.74, 6) is -0.413. The van der Waals surface area contributed by atoms with Crippen molar-refractivity contribution in [3.8, 4) is 0 Å². The van der Waals surface area contributed by atoms with Crippen LogP contribution >= 0.6 is 0 Å². The smallest absolute Gasteiger partial charge is 0.306 e. The standard InChI is InChI=1S/C59H108O5/c1-4-7-10-13-16-19-22-25-28-30-32-34-37-40-43-46-49-52-58(60)63-56-57(55-62-54-51-48-45-42-39-36-33-29-26-23-20-17-14-11-8-5-2)64-59(61)53-50-47-44-41-38-35-31-27-24-21-18-15-12-9-6-3/h16,19,21,24-25,28,32,34,57H,4-15,17-18,20,22-23,26-27,29-31,33,35-56H2,1-3H3/b19-16-,24-21-,28-25-,34-32-/t57-/m1/s1. The quantitative estimate of drug-likeness (QED) is 0.0346. The van der Waals surface area contributed by atoms with Gasteiger partial charge in [-0.05, 0) is 83.5 Å². The molecule has 0 saturated carbocycles. The normalized spacial score (nSPS) is 12.5. The lowest BCUT2D eigenvalue weighted by Gasteiger charge is -2.18. The Morgan fingerprint density at radius 2 is 0.656 bits per heavy atom. The molecule has 0 radical (unpaired) electrons. The van der Waals surface area contributed by atoms with Crippen LogP contribution in [0.1, 0.15) is 290 Å². The van der Waals surface area contributed by atoms with Crippen LogP contribution in [0.5, 0.6) is 0 Å². The molecule has 0 unspecified atom stereocenters. The predicted molar refractivity (Wildman–Crippen MR) is 279 cm³/mol. The predicted octanol–water partition coefficient (Wildman–Crippen LogP) is 19.1. The Balaban J connectivity index is 4.29. The fourth-order valence-corrected chi connectivity index (χ4v) is 8.10.